The minimum absolute atomic E-state index is 0. The van der Waals surface area contributed by atoms with Gasteiger partial charge in [-0.05, 0) is 0 Å². The quantitative estimate of drug-likeness (QED) is 0.487. The Kier molecular flexibility index (Phi) is 43.4. The van der Waals surface area contributed by atoms with Gasteiger partial charge >= 0.3 is 0 Å². The Morgan fingerprint density at radius 2 is 0.696 bits per heavy atom. The normalized spacial score (nSPS) is 5.39. The van der Waals surface area contributed by atoms with E-state index in [2.05, 4.69) is 0 Å². The monoisotopic (exact) mass is 504 g/mol. The second-order valence-corrected chi connectivity index (χ2v) is 2.77. The average molecular weight is 506 g/mol. The number of hydrogen-bond acceptors (Lipinski definition) is 4. The van der Waals surface area contributed by atoms with E-state index in [1.807, 2.05) is 0 Å². The van der Waals surface area contributed by atoms with Gasteiger partial charge in [-0.15, -0.1) is 0 Å². The molecule has 0 fully saturated rings. The second kappa shape index (κ2) is 23.1. The predicted octanol–water partition coefficient (Wildman–Crippen LogP) is 2.22. The molecule has 0 amide bonds. The van der Waals surface area contributed by atoms with E-state index in [0.717, 1.165) is 0 Å². The van der Waals surface area contributed by atoms with Crippen molar-refractivity contribution >= 4 is 11.1 Å². The van der Waals surface area contributed by atoms with Crippen molar-refractivity contribution in [3.8, 4) is 24.3 Å². The van der Waals surface area contributed by atoms with Crippen LogP contribution in [0.25, 0.3) is 29.6 Å². The van der Waals surface area contributed by atoms with Crippen LogP contribution in [0.2, 0.25) is 0 Å². The van der Waals surface area contributed by atoms with Crippen LogP contribution in [-0.4, -0.2) is 0 Å². The van der Waals surface area contributed by atoms with Crippen molar-refractivity contribution in [2.75, 3.05) is 0 Å². The molecule has 6 N–H and O–H groups in total. The number of hydrogen-bond donors (Lipinski definition) is 0. The van der Waals surface area contributed by atoms with E-state index in [1.165, 1.54) is 24.3 Å². The summed E-state index contributed by atoms with van der Waals surface area (Å²) in [5, 5.41) is 35.5. The zero-order valence-corrected chi connectivity index (χ0v) is 14.8. The first kappa shape index (κ1) is 43.1. The summed E-state index contributed by atoms with van der Waals surface area (Å²) in [5.41, 5.74) is 0.00373. The molecule has 1 aromatic rings. The van der Waals surface area contributed by atoms with E-state index in [9.17, 15) is 0 Å². The van der Waals surface area contributed by atoms with Gasteiger partial charge in [0.05, 0.1) is 0 Å². The molecular formula is C12H10Cu4N7-3. The van der Waals surface area contributed by atoms with Gasteiger partial charge in [0, 0.05) is 78.7 Å². The third kappa shape index (κ3) is 12.0. The molecule has 7 nitrogen and oxygen atoms in total. The SMILES string of the molecule is N#CC(C#N)=c1ccc(=C(C#N)C#N)cc1.[Cu].[Cu].[Cu].[Cu].[NH2-].[NH2-].[NH2-]. The molecule has 140 valence electrons. The van der Waals surface area contributed by atoms with Gasteiger partial charge in [-0.2, -0.15) is 21.0 Å². The van der Waals surface area contributed by atoms with Gasteiger partial charge in [0.2, 0.25) is 0 Å². The maximum Gasteiger partial charge on any atom is 0.136 e. The van der Waals surface area contributed by atoms with Gasteiger partial charge in [-0.3, -0.25) is 0 Å². The van der Waals surface area contributed by atoms with Gasteiger partial charge in [-0.25, -0.2) is 0 Å². The first-order valence-corrected chi connectivity index (χ1v) is 4.22. The molecule has 0 saturated heterocycles. The summed E-state index contributed by atoms with van der Waals surface area (Å²) in [7, 11) is 0. The van der Waals surface area contributed by atoms with E-state index in [-0.39, 0.29) is 97.9 Å². The molecule has 0 bridgehead atoms. The largest absolute Gasteiger partial charge is 0.693 e. The molecule has 0 saturated carbocycles. The third-order valence-electron chi connectivity index (χ3n) is 1.91. The Morgan fingerprint density at radius 3 is 0.826 bits per heavy atom. The van der Waals surface area contributed by atoms with E-state index in [4.69, 9.17) is 21.0 Å². The molecule has 11 heteroatoms. The average Bonchev–Trinajstić information content (AvgIpc) is 2.34. The van der Waals surface area contributed by atoms with E-state index in [1.54, 1.807) is 24.3 Å². The Bertz CT molecular complexity index is 602. The van der Waals surface area contributed by atoms with Gasteiger partial charge in [-0.1, -0.05) is 24.3 Å². The van der Waals surface area contributed by atoms with E-state index in [0.29, 0.717) is 10.4 Å². The minimum Gasteiger partial charge on any atom is -0.693 e. The molecule has 0 aliphatic carbocycles. The summed E-state index contributed by atoms with van der Waals surface area (Å²) < 4.78 is 0. The van der Waals surface area contributed by atoms with Crippen molar-refractivity contribution in [3.63, 3.8) is 0 Å². The maximum atomic E-state index is 8.63. The third-order valence-corrected chi connectivity index (χ3v) is 1.91. The fourth-order valence-electron chi connectivity index (χ4n) is 1.11. The molecule has 1 rings (SSSR count). The molecule has 23 heavy (non-hydrogen) atoms. The first-order valence-electron chi connectivity index (χ1n) is 4.22. The topological polar surface area (TPSA) is 196 Å². The molecule has 0 unspecified atom stereocenters. The summed E-state index contributed by atoms with van der Waals surface area (Å²) in [5.74, 6) is 0. The number of nitrogens with zero attached hydrogens (tertiary/aromatic N) is 4. The summed E-state index contributed by atoms with van der Waals surface area (Å²) in [6.45, 7) is 0. The van der Waals surface area contributed by atoms with Crippen molar-refractivity contribution in [2.24, 2.45) is 0 Å². The van der Waals surface area contributed by atoms with Crippen LogP contribution in [0.5, 0.6) is 0 Å². The van der Waals surface area contributed by atoms with E-state index < -0.39 is 0 Å². The van der Waals surface area contributed by atoms with Crippen LogP contribution < -0.4 is 10.4 Å². The van der Waals surface area contributed by atoms with Crippen LogP contribution in [0.1, 0.15) is 0 Å². The molecule has 0 atom stereocenters. The van der Waals surface area contributed by atoms with Gasteiger partial charge in [0.15, 0.2) is 0 Å². The summed E-state index contributed by atoms with van der Waals surface area (Å²) in [6, 6.07) is 13.2. The van der Waals surface area contributed by atoms with Gasteiger partial charge in [0.1, 0.15) is 35.4 Å². The Labute approximate surface area is 177 Å². The van der Waals surface area contributed by atoms with Crippen LogP contribution >= 0.6 is 0 Å². The fourth-order valence-corrected chi connectivity index (χ4v) is 1.11. The van der Waals surface area contributed by atoms with Gasteiger partial charge in [0.25, 0.3) is 0 Å². The number of rotatable bonds is 0. The molecule has 0 spiro atoms. The smallest absolute Gasteiger partial charge is 0.136 e. The molecule has 0 aliphatic heterocycles. The minimum atomic E-state index is 0. The summed E-state index contributed by atoms with van der Waals surface area (Å²) in [6.07, 6.45) is 0. The first-order chi connectivity index (χ1) is 7.76. The van der Waals surface area contributed by atoms with Crippen LogP contribution in [-0.2, 0) is 68.3 Å². The van der Waals surface area contributed by atoms with Crippen molar-refractivity contribution in [2.45, 2.75) is 0 Å². The Morgan fingerprint density at radius 1 is 0.522 bits per heavy atom. The van der Waals surface area contributed by atoms with Gasteiger partial charge < -0.3 is 18.5 Å². The maximum absolute atomic E-state index is 8.63. The molecular weight excluding hydrogens is 496 g/mol. The second-order valence-electron chi connectivity index (χ2n) is 2.77. The number of benzene rings is 1. The Hall–Kier alpha value is -1.12. The van der Waals surface area contributed by atoms with Crippen LogP contribution in [0.3, 0.4) is 0 Å². The van der Waals surface area contributed by atoms with Crippen molar-refractivity contribution in [3.05, 3.63) is 53.2 Å². The molecule has 0 heterocycles. The van der Waals surface area contributed by atoms with Crippen LogP contribution in [0.4, 0.5) is 0 Å². The van der Waals surface area contributed by atoms with Crippen molar-refractivity contribution in [1.29, 1.82) is 21.0 Å². The molecule has 0 aliphatic rings. The Balaban J connectivity index is -0.0000000731. The fraction of sp³-hybridized carbons (Fsp3) is 0. The number of nitrogens with two attached hydrogens (primary N) is 3. The van der Waals surface area contributed by atoms with Crippen molar-refractivity contribution < 1.29 is 68.3 Å². The zero-order valence-electron chi connectivity index (χ0n) is 11.0. The van der Waals surface area contributed by atoms with Crippen LogP contribution in [0, 0.1) is 45.3 Å². The van der Waals surface area contributed by atoms with Crippen LogP contribution in [0.15, 0.2) is 24.3 Å². The summed E-state index contributed by atoms with van der Waals surface area (Å²) >= 11 is 0. The van der Waals surface area contributed by atoms with Crippen molar-refractivity contribution in [1.82, 2.24) is 0 Å². The molecule has 1 aromatic carbocycles. The summed E-state index contributed by atoms with van der Waals surface area (Å²) in [4.78, 5) is 0. The molecule has 4 radical (unpaired) electrons. The number of nitriles is 4. The standard InChI is InChI=1S/C12H4N4.4Cu.3H2N/c13-5-11(6-14)9-1-2-10(4-3-9)12(7-15)8-16;;;;;;;/h1-4H;;;;;3*1H2/q;;;;;3*-1. The zero-order chi connectivity index (χ0) is 12.0. The van der Waals surface area contributed by atoms with E-state index >= 15 is 0 Å². The molecule has 0 aromatic heterocycles. The predicted molar refractivity (Wildman–Crippen MR) is 70.8 cm³/mol.